The number of ether oxygens (including phenoxy) is 1. The molecule has 2 heterocycles. The quantitative estimate of drug-likeness (QED) is 0.473. The number of methoxy groups -OCH3 is 1. The number of carbonyl (C=O) groups excluding carboxylic acids is 1. The number of carbonyl (C=O) groups is 2. The zero-order chi connectivity index (χ0) is 25.6. The first-order chi connectivity index (χ1) is 17.3. The number of benzene rings is 2. The minimum atomic E-state index is -0.968. The third-order valence-corrected chi connectivity index (χ3v) is 7.41. The number of halogens is 2. The van der Waals surface area contributed by atoms with Crippen LogP contribution in [0.4, 0.5) is 30.9 Å². The molecule has 2 aliphatic rings. The summed E-state index contributed by atoms with van der Waals surface area (Å²) in [5, 5.41) is 12.6. The highest BCUT2D eigenvalue weighted by atomic mass is 19.2. The summed E-state index contributed by atoms with van der Waals surface area (Å²) in [6, 6.07) is 7.34. The molecule has 2 N–H and O–H groups in total. The van der Waals surface area contributed by atoms with Crippen LogP contribution in [0, 0.1) is 17.6 Å². The zero-order valence-electron chi connectivity index (χ0n) is 20.1. The molecule has 1 fully saturated rings. The summed E-state index contributed by atoms with van der Waals surface area (Å²) in [6.07, 6.45) is 3.41. The molecular formula is C26H28F2N4O4. The summed E-state index contributed by atoms with van der Waals surface area (Å²) in [5.74, 6) is -2.60. The Labute approximate surface area is 206 Å². The van der Waals surface area contributed by atoms with E-state index in [9.17, 15) is 23.5 Å². The summed E-state index contributed by atoms with van der Waals surface area (Å²) in [6.45, 7) is 1.97. The maximum absolute atomic E-state index is 13.9. The third-order valence-electron chi connectivity index (χ3n) is 7.41. The predicted octanol–water partition coefficient (Wildman–Crippen LogP) is 5.78. The second-order valence-corrected chi connectivity index (χ2v) is 9.56. The summed E-state index contributed by atoms with van der Waals surface area (Å²) in [4.78, 5) is 30.5. The number of nitrogens with one attached hydrogen (secondary N) is 1. The van der Waals surface area contributed by atoms with Gasteiger partial charge in [-0.2, -0.15) is 0 Å². The van der Waals surface area contributed by atoms with Crippen molar-refractivity contribution in [3.05, 3.63) is 47.5 Å². The zero-order valence-corrected chi connectivity index (χ0v) is 20.1. The maximum atomic E-state index is 13.9. The first kappa shape index (κ1) is 24.0. The molecule has 1 aromatic heterocycles. The summed E-state index contributed by atoms with van der Waals surface area (Å²) < 4.78 is 34.5. The number of nitrogens with zero attached hydrogens (tertiary/aromatic N) is 3. The summed E-state index contributed by atoms with van der Waals surface area (Å²) in [7, 11) is 1.36. The van der Waals surface area contributed by atoms with Gasteiger partial charge in [0.25, 0.3) is 0 Å². The Balaban J connectivity index is 1.62. The average molecular weight is 499 g/mol. The Bertz CT molecular complexity index is 1330. The van der Waals surface area contributed by atoms with E-state index < -0.39 is 23.7 Å². The van der Waals surface area contributed by atoms with Crippen molar-refractivity contribution < 1.29 is 28.2 Å². The standard InChI is InChI=1S/C26H28F2N4O4/c1-14-3-9-18-21(31(14)26(35)36-2)11-12-22-23(18)30-25(29-16-6-10-19(27)20(28)13-16)32(22)17-7-4-15(5-8-17)24(33)34/h6,10-15,17H,3-5,7-9H2,1-2H3,(H,29,30)(H,33,34)/t14-,15-,17-/m0/s1. The van der Waals surface area contributed by atoms with Crippen molar-refractivity contribution in [2.75, 3.05) is 17.3 Å². The number of hydrogen-bond acceptors (Lipinski definition) is 5. The van der Waals surface area contributed by atoms with E-state index in [-0.39, 0.29) is 18.0 Å². The molecule has 1 saturated carbocycles. The van der Waals surface area contributed by atoms with Gasteiger partial charge in [-0.1, -0.05) is 0 Å². The number of anilines is 3. The van der Waals surface area contributed by atoms with Gasteiger partial charge in [0.05, 0.1) is 29.7 Å². The van der Waals surface area contributed by atoms with Gasteiger partial charge in [-0.3, -0.25) is 9.69 Å². The smallest absolute Gasteiger partial charge is 0.414 e. The Morgan fingerprint density at radius 3 is 2.50 bits per heavy atom. The minimum Gasteiger partial charge on any atom is -0.481 e. The number of aryl methyl sites for hydroxylation is 1. The fourth-order valence-corrected chi connectivity index (χ4v) is 5.52. The number of aliphatic carboxylic acids is 1. The van der Waals surface area contributed by atoms with Gasteiger partial charge in [-0.05, 0) is 69.7 Å². The summed E-state index contributed by atoms with van der Waals surface area (Å²) in [5.41, 5.74) is 3.58. The summed E-state index contributed by atoms with van der Waals surface area (Å²) >= 11 is 0. The number of aromatic nitrogens is 2. The van der Waals surface area contributed by atoms with Crippen molar-refractivity contribution in [2.24, 2.45) is 5.92 Å². The first-order valence-corrected chi connectivity index (χ1v) is 12.1. The van der Waals surface area contributed by atoms with Crippen LogP contribution in [-0.4, -0.2) is 39.9 Å². The van der Waals surface area contributed by atoms with Gasteiger partial charge in [0.2, 0.25) is 5.95 Å². The van der Waals surface area contributed by atoms with Crippen LogP contribution < -0.4 is 10.2 Å². The van der Waals surface area contributed by atoms with E-state index >= 15 is 0 Å². The van der Waals surface area contributed by atoms with Crippen molar-refractivity contribution in [2.45, 2.75) is 57.5 Å². The molecule has 0 bridgehead atoms. The highest BCUT2D eigenvalue weighted by Gasteiger charge is 2.33. The van der Waals surface area contributed by atoms with E-state index in [2.05, 4.69) is 5.32 Å². The Hall–Kier alpha value is -3.69. The second kappa shape index (κ2) is 9.40. The number of fused-ring (bicyclic) bond motifs is 3. The van der Waals surface area contributed by atoms with Crippen LogP contribution in [0.25, 0.3) is 11.0 Å². The van der Waals surface area contributed by atoms with Crippen LogP contribution in [0.3, 0.4) is 0 Å². The van der Waals surface area contributed by atoms with Crippen LogP contribution in [0.15, 0.2) is 30.3 Å². The van der Waals surface area contributed by atoms with Crippen LogP contribution >= 0.6 is 0 Å². The molecule has 1 amide bonds. The fraction of sp³-hybridized carbons (Fsp3) is 0.423. The molecule has 8 nitrogen and oxygen atoms in total. The number of carboxylic acids is 1. The molecule has 0 radical (unpaired) electrons. The van der Waals surface area contributed by atoms with E-state index in [0.717, 1.165) is 40.8 Å². The van der Waals surface area contributed by atoms with Crippen molar-refractivity contribution in [1.82, 2.24) is 9.55 Å². The molecule has 10 heteroatoms. The maximum Gasteiger partial charge on any atom is 0.414 e. The number of imidazole rings is 1. The Morgan fingerprint density at radius 2 is 1.83 bits per heavy atom. The Kier molecular flexibility index (Phi) is 6.27. The molecule has 190 valence electrons. The Morgan fingerprint density at radius 1 is 1.08 bits per heavy atom. The molecule has 0 saturated heterocycles. The van der Waals surface area contributed by atoms with Gasteiger partial charge < -0.3 is 19.7 Å². The van der Waals surface area contributed by atoms with E-state index in [1.165, 1.54) is 13.2 Å². The van der Waals surface area contributed by atoms with Crippen molar-refractivity contribution in [3.8, 4) is 0 Å². The van der Waals surface area contributed by atoms with Crippen molar-refractivity contribution in [1.29, 1.82) is 0 Å². The molecule has 5 rings (SSSR count). The van der Waals surface area contributed by atoms with Crippen LogP contribution in [0.5, 0.6) is 0 Å². The molecule has 1 aliphatic carbocycles. The molecular weight excluding hydrogens is 470 g/mol. The SMILES string of the molecule is COC(=O)N1c2ccc3c(nc(Nc4ccc(F)c(F)c4)n3[C@H]3CC[C@H](C(=O)O)CC3)c2CC[C@@H]1C. The van der Waals surface area contributed by atoms with Crippen LogP contribution in [0.1, 0.15) is 50.6 Å². The lowest BCUT2D eigenvalue weighted by Crippen LogP contribution is -2.42. The molecule has 0 spiro atoms. The number of carboxylic acid groups (broad SMARTS) is 1. The normalized spacial score (nSPS) is 21.8. The molecule has 1 aliphatic heterocycles. The minimum absolute atomic E-state index is 0.0179. The molecule has 0 unspecified atom stereocenters. The molecule has 36 heavy (non-hydrogen) atoms. The van der Waals surface area contributed by atoms with Crippen LogP contribution in [0.2, 0.25) is 0 Å². The lowest BCUT2D eigenvalue weighted by atomic mass is 9.86. The largest absolute Gasteiger partial charge is 0.481 e. The lowest BCUT2D eigenvalue weighted by molar-refractivity contribution is -0.143. The van der Waals surface area contributed by atoms with Gasteiger partial charge in [0.1, 0.15) is 0 Å². The lowest BCUT2D eigenvalue weighted by Gasteiger charge is -2.34. The first-order valence-electron chi connectivity index (χ1n) is 12.1. The average Bonchev–Trinajstić information content (AvgIpc) is 3.23. The van der Waals surface area contributed by atoms with E-state index in [1.54, 1.807) is 4.90 Å². The monoisotopic (exact) mass is 498 g/mol. The number of rotatable bonds is 4. The van der Waals surface area contributed by atoms with Gasteiger partial charge in [-0.15, -0.1) is 0 Å². The topological polar surface area (TPSA) is 96.7 Å². The van der Waals surface area contributed by atoms with E-state index in [4.69, 9.17) is 9.72 Å². The van der Waals surface area contributed by atoms with Gasteiger partial charge >= 0.3 is 12.1 Å². The molecule has 2 aromatic carbocycles. The van der Waals surface area contributed by atoms with E-state index in [0.29, 0.717) is 43.7 Å². The number of hydrogen-bond donors (Lipinski definition) is 2. The second-order valence-electron chi connectivity index (χ2n) is 9.56. The van der Waals surface area contributed by atoms with Crippen molar-refractivity contribution >= 4 is 40.4 Å². The highest BCUT2D eigenvalue weighted by molar-refractivity contribution is 5.96. The highest BCUT2D eigenvalue weighted by Crippen LogP contribution is 2.42. The molecule has 3 aromatic rings. The number of amides is 1. The third kappa shape index (κ3) is 4.14. The van der Waals surface area contributed by atoms with Crippen molar-refractivity contribution in [3.63, 3.8) is 0 Å². The van der Waals surface area contributed by atoms with Crippen LogP contribution in [-0.2, 0) is 16.0 Å². The predicted molar refractivity (Wildman–Crippen MR) is 131 cm³/mol. The van der Waals surface area contributed by atoms with Gasteiger partial charge in [-0.25, -0.2) is 18.6 Å². The van der Waals surface area contributed by atoms with E-state index in [1.807, 2.05) is 23.6 Å². The fourth-order valence-electron chi connectivity index (χ4n) is 5.52. The van der Waals surface area contributed by atoms with Gasteiger partial charge in [0, 0.05) is 29.4 Å². The van der Waals surface area contributed by atoms with Gasteiger partial charge in [0.15, 0.2) is 11.6 Å². The molecule has 1 atom stereocenters.